The van der Waals surface area contributed by atoms with Crippen molar-refractivity contribution in [1.29, 1.82) is 0 Å². The van der Waals surface area contributed by atoms with Crippen LogP contribution in [0, 0.1) is 11.3 Å². The molecule has 1 aliphatic rings. The van der Waals surface area contributed by atoms with E-state index in [1.54, 1.807) is 6.20 Å². The minimum atomic E-state index is -1.58. The number of para-hydroxylation sites is 1. The second kappa shape index (κ2) is 7.66. The lowest BCUT2D eigenvalue weighted by molar-refractivity contribution is -0.161. The van der Waals surface area contributed by atoms with Gasteiger partial charge in [-0.3, -0.25) is 9.59 Å². The van der Waals surface area contributed by atoms with Crippen LogP contribution in [0.4, 0.5) is 0 Å². The molecular weight excluding hydrogens is 360 g/mol. The summed E-state index contributed by atoms with van der Waals surface area (Å²) in [6.07, 6.45) is 2.43. The van der Waals surface area contributed by atoms with E-state index >= 15 is 0 Å². The van der Waals surface area contributed by atoms with E-state index in [0.29, 0.717) is 6.42 Å². The minimum absolute atomic E-state index is 0.0806. The number of fused-ring (bicyclic) bond motifs is 1. The third kappa shape index (κ3) is 3.37. The largest absolute Gasteiger partial charge is 0.480 e. The van der Waals surface area contributed by atoms with Crippen molar-refractivity contribution < 1.29 is 24.2 Å². The number of nitrogens with zero attached hydrogens (tertiary/aromatic N) is 1. The fraction of sp³-hybridized carbons (Fsp3) is 0.476. The summed E-state index contributed by atoms with van der Waals surface area (Å²) in [6, 6.07) is 6.83. The normalized spacial score (nSPS) is 20.7. The summed E-state index contributed by atoms with van der Waals surface area (Å²) in [7, 11) is 1.28. The number of hydrogen-bond donors (Lipinski definition) is 2. The zero-order valence-corrected chi connectivity index (χ0v) is 16.4. The van der Waals surface area contributed by atoms with Crippen LogP contribution in [0.5, 0.6) is 0 Å². The Kier molecular flexibility index (Phi) is 5.45. The number of H-pyrrole nitrogens is 1. The molecule has 2 aromatic rings. The Morgan fingerprint density at radius 2 is 2.04 bits per heavy atom. The number of rotatable bonds is 7. The van der Waals surface area contributed by atoms with Gasteiger partial charge in [0.2, 0.25) is 5.91 Å². The highest BCUT2D eigenvalue weighted by atomic mass is 16.5. The summed E-state index contributed by atoms with van der Waals surface area (Å²) in [4.78, 5) is 42.4. The monoisotopic (exact) mass is 386 g/mol. The SMILES string of the molecule is COC(=O)C(CC(C)C)N1CC[C@](Cc2c[nH]c3ccccc23)(C(=O)O)C1=O. The maximum Gasteiger partial charge on any atom is 0.328 e. The van der Waals surface area contributed by atoms with Gasteiger partial charge in [-0.2, -0.15) is 0 Å². The van der Waals surface area contributed by atoms with Gasteiger partial charge in [-0.25, -0.2) is 4.79 Å². The van der Waals surface area contributed by atoms with Crippen LogP contribution in [0.15, 0.2) is 30.5 Å². The van der Waals surface area contributed by atoms with Crippen LogP contribution >= 0.6 is 0 Å². The lowest BCUT2D eigenvalue weighted by atomic mass is 9.80. The molecule has 0 radical (unpaired) electrons. The smallest absolute Gasteiger partial charge is 0.328 e. The topological polar surface area (TPSA) is 99.7 Å². The van der Waals surface area contributed by atoms with Crippen molar-refractivity contribution in [2.45, 2.75) is 39.2 Å². The van der Waals surface area contributed by atoms with E-state index in [1.807, 2.05) is 38.1 Å². The second-order valence-electron chi connectivity index (χ2n) is 7.84. The molecule has 1 amide bonds. The van der Waals surface area contributed by atoms with E-state index in [0.717, 1.165) is 16.5 Å². The summed E-state index contributed by atoms with van der Waals surface area (Å²) in [5, 5.41) is 10.9. The number of aromatic amines is 1. The molecule has 1 unspecified atom stereocenters. The van der Waals surface area contributed by atoms with Gasteiger partial charge in [0.1, 0.15) is 6.04 Å². The molecule has 2 atom stereocenters. The number of carbonyl (C=O) groups is 3. The average molecular weight is 386 g/mol. The van der Waals surface area contributed by atoms with Crippen molar-refractivity contribution in [2.75, 3.05) is 13.7 Å². The standard InChI is InChI=1S/C21H26N2O5/c1-13(2)10-17(18(24)28-3)23-9-8-21(19(23)25,20(26)27)11-14-12-22-16-7-5-4-6-15(14)16/h4-7,12-13,17,22H,8-11H2,1-3H3,(H,26,27)/t17?,21-/m1/s1. The number of carbonyl (C=O) groups excluding carboxylic acids is 2. The van der Waals surface area contributed by atoms with Gasteiger partial charge in [-0.05, 0) is 36.8 Å². The molecule has 1 aromatic carbocycles. The van der Waals surface area contributed by atoms with Crippen LogP contribution in [-0.4, -0.2) is 52.5 Å². The average Bonchev–Trinajstić information content (AvgIpc) is 3.22. The molecule has 7 heteroatoms. The fourth-order valence-corrected chi connectivity index (χ4v) is 4.07. The molecular formula is C21H26N2O5. The Hall–Kier alpha value is -2.83. The Morgan fingerprint density at radius 3 is 2.68 bits per heavy atom. The van der Waals surface area contributed by atoms with Crippen molar-refractivity contribution in [3.05, 3.63) is 36.0 Å². The molecule has 1 fully saturated rings. The Bertz CT molecular complexity index is 903. The maximum atomic E-state index is 13.3. The number of hydrogen-bond acceptors (Lipinski definition) is 4. The molecule has 0 saturated carbocycles. The lowest BCUT2D eigenvalue weighted by Crippen LogP contribution is -2.48. The van der Waals surface area contributed by atoms with E-state index < -0.39 is 29.3 Å². The number of amides is 1. The lowest BCUT2D eigenvalue weighted by Gasteiger charge is -2.29. The van der Waals surface area contributed by atoms with Crippen molar-refractivity contribution in [1.82, 2.24) is 9.88 Å². The zero-order valence-electron chi connectivity index (χ0n) is 16.4. The molecule has 2 N–H and O–H groups in total. The molecule has 1 saturated heterocycles. The van der Waals surface area contributed by atoms with E-state index in [2.05, 4.69) is 4.98 Å². The third-order valence-electron chi connectivity index (χ3n) is 5.57. The minimum Gasteiger partial charge on any atom is -0.480 e. The maximum absolute atomic E-state index is 13.3. The number of nitrogens with one attached hydrogen (secondary N) is 1. The van der Waals surface area contributed by atoms with Crippen molar-refractivity contribution in [3.8, 4) is 0 Å². The van der Waals surface area contributed by atoms with Crippen LogP contribution < -0.4 is 0 Å². The Balaban J connectivity index is 1.94. The summed E-state index contributed by atoms with van der Waals surface area (Å²) in [5.74, 6) is -2.01. The summed E-state index contributed by atoms with van der Waals surface area (Å²) < 4.78 is 4.88. The fourth-order valence-electron chi connectivity index (χ4n) is 4.07. The van der Waals surface area contributed by atoms with E-state index in [1.165, 1.54) is 12.0 Å². The highest BCUT2D eigenvalue weighted by Gasteiger charge is 2.55. The van der Waals surface area contributed by atoms with E-state index in [4.69, 9.17) is 4.74 Å². The number of benzene rings is 1. The number of aromatic nitrogens is 1. The first-order chi connectivity index (χ1) is 13.3. The Morgan fingerprint density at radius 1 is 1.32 bits per heavy atom. The number of aliphatic carboxylic acids is 1. The van der Waals surface area contributed by atoms with E-state index in [-0.39, 0.29) is 25.3 Å². The number of carboxylic acid groups (broad SMARTS) is 1. The number of methoxy groups -OCH3 is 1. The summed E-state index contributed by atoms with van der Waals surface area (Å²) in [6.45, 7) is 4.12. The molecule has 1 aliphatic heterocycles. The van der Waals surface area contributed by atoms with Crippen molar-refractivity contribution in [3.63, 3.8) is 0 Å². The van der Waals surface area contributed by atoms with Crippen LogP contribution in [0.2, 0.25) is 0 Å². The van der Waals surface area contributed by atoms with Gasteiger partial charge < -0.3 is 19.7 Å². The number of carboxylic acids is 1. The van der Waals surface area contributed by atoms with Gasteiger partial charge in [0.15, 0.2) is 5.41 Å². The van der Waals surface area contributed by atoms with Crippen LogP contribution in [0.1, 0.15) is 32.3 Å². The van der Waals surface area contributed by atoms with Gasteiger partial charge in [0.25, 0.3) is 0 Å². The summed E-state index contributed by atoms with van der Waals surface area (Å²) in [5.41, 5.74) is 0.105. The molecule has 0 spiro atoms. The van der Waals surface area contributed by atoms with Gasteiger partial charge in [0, 0.05) is 23.6 Å². The molecule has 1 aromatic heterocycles. The van der Waals surface area contributed by atoms with Gasteiger partial charge in [-0.1, -0.05) is 32.0 Å². The third-order valence-corrected chi connectivity index (χ3v) is 5.57. The molecule has 7 nitrogen and oxygen atoms in total. The van der Waals surface area contributed by atoms with Gasteiger partial charge >= 0.3 is 11.9 Å². The second-order valence-corrected chi connectivity index (χ2v) is 7.84. The van der Waals surface area contributed by atoms with Crippen molar-refractivity contribution >= 4 is 28.7 Å². The predicted molar refractivity (Wildman–Crippen MR) is 104 cm³/mol. The number of esters is 1. The number of likely N-dealkylation sites (tertiary alicyclic amines) is 1. The van der Waals surface area contributed by atoms with Crippen LogP contribution in [-0.2, 0) is 25.5 Å². The first kappa shape index (κ1) is 19.9. The first-order valence-corrected chi connectivity index (χ1v) is 9.47. The van der Waals surface area contributed by atoms with Crippen LogP contribution in [0.25, 0.3) is 10.9 Å². The molecule has 3 rings (SSSR count). The molecule has 2 heterocycles. The highest BCUT2D eigenvalue weighted by molar-refractivity contribution is 6.05. The van der Waals surface area contributed by atoms with Gasteiger partial charge in [0.05, 0.1) is 7.11 Å². The predicted octanol–water partition coefficient (Wildman–Crippen LogP) is 2.60. The van der Waals surface area contributed by atoms with Gasteiger partial charge in [-0.15, -0.1) is 0 Å². The highest BCUT2D eigenvalue weighted by Crippen LogP contribution is 2.39. The molecule has 0 bridgehead atoms. The first-order valence-electron chi connectivity index (χ1n) is 9.47. The molecule has 28 heavy (non-hydrogen) atoms. The number of ether oxygens (including phenoxy) is 1. The van der Waals surface area contributed by atoms with Crippen molar-refractivity contribution in [2.24, 2.45) is 11.3 Å². The summed E-state index contributed by atoms with van der Waals surface area (Å²) >= 11 is 0. The zero-order chi connectivity index (χ0) is 20.5. The molecule has 150 valence electrons. The quantitative estimate of drug-likeness (QED) is 0.563. The molecule has 0 aliphatic carbocycles. The van der Waals surface area contributed by atoms with Crippen LogP contribution in [0.3, 0.4) is 0 Å². The Labute approximate surface area is 163 Å². The van der Waals surface area contributed by atoms with E-state index in [9.17, 15) is 19.5 Å².